The number of hydrogen-bond acceptors (Lipinski definition) is 0. The standard InChI is InChI=1S/C19H10/c1-4-12-9-16-15-8-7-11-3-2-6-14(11)18-17(19(15,16)18)10-13(12)5-1/h1-10H. The van der Waals surface area contributed by atoms with Crippen molar-refractivity contribution in [2.75, 3.05) is 0 Å². The second-order valence-electron chi connectivity index (χ2n) is 5.82. The van der Waals surface area contributed by atoms with Crippen molar-refractivity contribution in [3.8, 4) is 0 Å². The van der Waals surface area contributed by atoms with Gasteiger partial charge in [0.05, 0.1) is 5.41 Å². The topological polar surface area (TPSA) is 0 Å². The van der Waals surface area contributed by atoms with Gasteiger partial charge in [-0.15, -0.1) is 0 Å². The molecule has 0 radical (unpaired) electrons. The number of rotatable bonds is 0. The molecule has 0 heterocycles. The Morgan fingerprint density at radius 3 is 2.58 bits per heavy atom. The maximum Gasteiger partial charge on any atom is 0.0721 e. The van der Waals surface area contributed by atoms with Crippen LogP contribution < -0.4 is 0 Å². The molecule has 6 aliphatic carbocycles. The van der Waals surface area contributed by atoms with Gasteiger partial charge in [0.15, 0.2) is 0 Å². The molecular formula is C19H10. The third-order valence-corrected chi connectivity index (χ3v) is 5.05. The molecule has 0 heteroatoms. The van der Waals surface area contributed by atoms with Gasteiger partial charge in [-0.25, -0.2) is 0 Å². The first-order valence-corrected chi connectivity index (χ1v) is 6.80. The lowest BCUT2D eigenvalue weighted by Gasteiger charge is -2.00. The van der Waals surface area contributed by atoms with E-state index in [0.717, 1.165) is 0 Å². The summed E-state index contributed by atoms with van der Waals surface area (Å²) in [5, 5.41) is 0. The summed E-state index contributed by atoms with van der Waals surface area (Å²) >= 11 is 0. The van der Waals surface area contributed by atoms with Gasteiger partial charge >= 0.3 is 0 Å². The molecule has 0 saturated heterocycles. The van der Waals surface area contributed by atoms with E-state index in [1.54, 1.807) is 5.57 Å². The number of fused-ring (bicyclic) bond motifs is 4. The summed E-state index contributed by atoms with van der Waals surface area (Å²) in [7, 11) is 0. The van der Waals surface area contributed by atoms with Crippen molar-refractivity contribution in [1.82, 2.24) is 0 Å². The number of allylic oxidation sites excluding steroid dienone is 18. The van der Waals surface area contributed by atoms with E-state index in [0.29, 0.717) is 0 Å². The summed E-state index contributed by atoms with van der Waals surface area (Å²) in [4.78, 5) is 0. The van der Waals surface area contributed by atoms with Crippen LogP contribution in [0.1, 0.15) is 0 Å². The first-order valence-electron chi connectivity index (χ1n) is 6.80. The van der Waals surface area contributed by atoms with Crippen LogP contribution >= 0.6 is 0 Å². The highest BCUT2D eigenvalue weighted by Crippen LogP contribution is 2.82. The first-order chi connectivity index (χ1) is 9.40. The van der Waals surface area contributed by atoms with Crippen LogP contribution in [-0.2, 0) is 0 Å². The minimum Gasteiger partial charge on any atom is -0.0610 e. The smallest absolute Gasteiger partial charge is 0.0610 e. The molecule has 19 heavy (non-hydrogen) atoms. The highest BCUT2D eigenvalue weighted by molar-refractivity contribution is 5.97. The Hall–Kier alpha value is -2.34. The van der Waals surface area contributed by atoms with Crippen LogP contribution in [0, 0.1) is 5.41 Å². The number of hydrogen-bond donors (Lipinski definition) is 0. The Morgan fingerprint density at radius 2 is 1.58 bits per heavy atom. The van der Waals surface area contributed by atoms with Gasteiger partial charge < -0.3 is 0 Å². The van der Waals surface area contributed by atoms with E-state index in [1.807, 2.05) is 0 Å². The van der Waals surface area contributed by atoms with Crippen molar-refractivity contribution in [2.45, 2.75) is 0 Å². The molecule has 0 aromatic rings. The molecule has 1 unspecified atom stereocenters. The van der Waals surface area contributed by atoms with Crippen LogP contribution in [0.5, 0.6) is 0 Å². The van der Waals surface area contributed by atoms with E-state index in [-0.39, 0.29) is 5.41 Å². The second-order valence-corrected chi connectivity index (χ2v) is 5.82. The van der Waals surface area contributed by atoms with Crippen LogP contribution in [0.15, 0.2) is 105 Å². The van der Waals surface area contributed by atoms with Gasteiger partial charge in [-0.3, -0.25) is 0 Å². The lowest BCUT2D eigenvalue weighted by atomic mass is 10.0. The Bertz CT molecular complexity index is 882. The van der Waals surface area contributed by atoms with Crippen molar-refractivity contribution in [3.63, 3.8) is 0 Å². The van der Waals surface area contributed by atoms with E-state index >= 15 is 0 Å². The molecule has 6 aliphatic rings. The summed E-state index contributed by atoms with van der Waals surface area (Å²) < 4.78 is 0. The Balaban J connectivity index is 1.71. The molecule has 0 nitrogen and oxygen atoms in total. The van der Waals surface area contributed by atoms with E-state index < -0.39 is 0 Å². The minimum absolute atomic E-state index is 0.224. The average molecular weight is 238 g/mol. The van der Waals surface area contributed by atoms with Crippen molar-refractivity contribution in [3.05, 3.63) is 105 Å². The predicted octanol–water partition coefficient (Wildman–Crippen LogP) is 4.02. The van der Waals surface area contributed by atoms with Gasteiger partial charge in [-0.2, -0.15) is 0 Å². The Labute approximate surface area is 111 Å². The van der Waals surface area contributed by atoms with Crippen LogP contribution in [0.2, 0.25) is 0 Å². The van der Waals surface area contributed by atoms with Gasteiger partial charge in [0.25, 0.3) is 0 Å². The molecule has 1 fully saturated rings. The van der Waals surface area contributed by atoms with Crippen LogP contribution in [0.4, 0.5) is 0 Å². The first kappa shape index (κ1) is 8.71. The van der Waals surface area contributed by atoms with Crippen LogP contribution in [0.3, 0.4) is 0 Å². The van der Waals surface area contributed by atoms with Crippen molar-refractivity contribution < 1.29 is 0 Å². The molecule has 0 bridgehead atoms. The zero-order chi connectivity index (χ0) is 12.2. The molecule has 0 aliphatic heterocycles. The molecule has 0 N–H and O–H groups in total. The van der Waals surface area contributed by atoms with E-state index in [1.165, 1.54) is 39.0 Å². The van der Waals surface area contributed by atoms with Gasteiger partial charge in [0.2, 0.25) is 0 Å². The predicted molar refractivity (Wildman–Crippen MR) is 76.2 cm³/mol. The van der Waals surface area contributed by atoms with Gasteiger partial charge in [-0.1, -0.05) is 48.6 Å². The van der Waals surface area contributed by atoms with Crippen LogP contribution in [0.25, 0.3) is 0 Å². The molecule has 1 saturated carbocycles. The van der Waals surface area contributed by atoms with Crippen molar-refractivity contribution in [1.29, 1.82) is 0 Å². The maximum atomic E-state index is 2.40. The summed E-state index contributed by atoms with van der Waals surface area (Å²) in [5.74, 6) is 0. The summed E-state index contributed by atoms with van der Waals surface area (Å²) in [6.07, 6.45) is 22.6. The summed E-state index contributed by atoms with van der Waals surface area (Å²) in [6.45, 7) is 0. The lowest BCUT2D eigenvalue weighted by Crippen LogP contribution is -1.85. The molecule has 0 aromatic carbocycles. The second kappa shape index (κ2) is 2.37. The molecule has 86 valence electrons. The molecule has 0 aromatic heterocycles. The Morgan fingerprint density at radius 1 is 0.684 bits per heavy atom. The van der Waals surface area contributed by atoms with E-state index in [4.69, 9.17) is 0 Å². The zero-order valence-corrected chi connectivity index (χ0v) is 10.3. The largest absolute Gasteiger partial charge is 0.0721 e. The van der Waals surface area contributed by atoms with Crippen molar-refractivity contribution >= 4 is 0 Å². The summed E-state index contributed by atoms with van der Waals surface area (Å²) in [5.41, 5.74) is 11.9. The third kappa shape index (κ3) is 0.744. The fourth-order valence-electron chi connectivity index (χ4n) is 4.11. The zero-order valence-electron chi connectivity index (χ0n) is 10.3. The van der Waals surface area contributed by atoms with Gasteiger partial charge in [0.1, 0.15) is 0 Å². The third-order valence-electron chi connectivity index (χ3n) is 5.05. The quantitative estimate of drug-likeness (QED) is 0.598. The molecule has 6 rings (SSSR count). The normalized spacial score (nSPS) is 33.7. The van der Waals surface area contributed by atoms with Gasteiger partial charge in [0, 0.05) is 0 Å². The fourth-order valence-corrected chi connectivity index (χ4v) is 4.11. The van der Waals surface area contributed by atoms with E-state index in [9.17, 15) is 0 Å². The molecular weight excluding hydrogens is 228 g/mol. The maximum absolute atomic E-state index is 2.40. The highest BCUT2D eigenvalue weighted by atomic mass is 14.7. The van der Waals surface area contributed by atoms with Crippen LogP contribution in [-0.4, -0.2) is 0 Å². The van der Waals surface area contributed by atoms with Gasteiger partial charge in [-0.05, 0) is 56.7 Å². The molecule has 1 atom stereocenters. The average Bonchev–Trinajstić information content (AvgIpc) is 3.02. The molecule has 1 spiro atoms. The summed E-state index contributed by atoms with van der Waals surface area (Å²) in [6, 6.07) is 0. The van der Waals surface area contributed by atoms with E-state index in [2.05, 4.69) is 60.8 Å². The van der Waals surface area contributed by atoms with Crippen molar-refractivity contribution in [2.24, 2.45) is 5.41 Å². The highest BCUT2D eigenvalue weighted by Gasteiger charge is 2.71. The monoisotopic (exact) mass is 238 g/mol. The Kier molecular flexibility index (Phi) is 1.09. The minimum atomic E-state index is 0.224. The SMILES string of the molecule is C1=CC2=CC3=C4C5=CC=CC5=CC=C5C(=CC2=C1)C534. The lowest BCUT2D eigenvalue weighted by molar-refractivity contribution is 1.06. The fraction of sp³-hybridized carbons (Fsp3) is 0.0526. The molecule has 0 amide bonds.